The monoisotopic (exact) mass is 312 g/mol. The molecule has 0 bridgehead atoms. The zero-order valence-electron chi connectivity index (χ0n) is 11.1. The van der Waals surface area contributed by atoms with E-state index in [2.05, 4.69) is 15.0 Å². The molecule has 22 heavy (non-hydrogen) atoms. The van der Waals surface area contributed by atoms with Crippen LogP contribution in [-0.4, -0.2) is 26.0 Å². The van der Waals surface area contributed by atoms with Gasteiger partial charge in [-0.05, 0) is 24.3 Å². The number of pyridine rings is 1. The summed E-state index contributed by atoms with van der Waals surface area (Å²) in [4.78, 5) is 26.0. The highest BCUT2D eigenvalue weighted by Crippen LogP contribution is 2.33. The number of aliphatic hydroxyl groups is 1. The fourth-order valence-corrected chi connectivity index (χ4v) is 2.66. The van der Waals surface area contributed by atoms with Crippen LogP contribution in [-0.2, 0) is 0 Å². The van der Waals surface area contributed by atoms with Crippen molar-refractivity contribution in [3.05, 3.63) is 59.1 Å². The molecule has 0 saturated carbocycles. The fraction of sp³-hybridized carbons (Fsp3) is 0.0667. The maximum atomic E-state index is 12.4. The summed E-state index contributed by atoms with van der Waals surface area (Å²) >= 11 is 5.97. The average molecular weight is 313 g/mol. The second kappa shape index (κ2) is 4.72. The van der Waals surface area contributed by atoms with Crippen LogP contribution in [0.25, 0.3) is 10.9 Å². The van der Waals surface area contributed by atoms with Gasteiger partial charge in [-0.3, -0.25) is 14.7 Å². The normalized spacial score (nSPS) is 17.1. The van der Waals surface area contributed by atoms with E-state index in [9.17, 15) is 9.90 Å². The number of rotatable bonds is 1. The third-order valence-corrected chi connectivity index (χ3v) is 3.76. The van der Waals surface area contributed by atoms with Crippen molar-refractivity contribution in [3.8, 4) is 0 Å². The second-order valence-corrected chi connectivity index (χ2v) is 5.28. The van der Waals surface area contributed by atoms with E-state index in [1.165, 1.54) is 17.3 Å². The topological polar surface area (TPSA) is 79.2 Å². The lowest BCUT2D eigenvalue weighted by atomic mass is 10.2. The quantitative estimate of drug-likeness (QED) is 0.746. The number of carbonyl (C=O) groups is 1. The van der Waals surface area contributed by atoms with Crippen LogP contribution < -0.4 is 4.90 Å². The summed E-state index contributed by atoms with van der Waals surface area (Å²) < 4.78 is 0. The highest BCUT2D eigenvalue weighted by Gasteiger charge is 2.39. The van der Waals surface area contributed by atoms with Crippen LogP contribution in [0.3, 0.4) is 0 Å². The number of hydrogen-bond acceptors (Lipinski definition) is 5. The number of benzene rings is 1. The SMILES string of the molecule is O=C1c2nccnc2C(O)N1c1ccc2ccc(Cl)cc2n1. The number of carbonyl (C=O) groups excluding carboxylic acids is 1. The molecule has 3 aromatic rings. The van der Waals surface area contributed by atoms with Gasteiger partial charge in [-0.15, -0.1) is 0 Å². The first-order chi connectivity index (χ1) is 10.6. The molecule has 7 heteroatoms. The maximum Gasteiger partial charge on any atom is 0.282 e. The zero-order chi connectivity index (χ0) is 15.3. The van der Waals surface area contributed by atoms with Crippen LogP contribution in [0.5, 0.6) is 0 Å². The summed E-state index contributed by atoms with van der Waals surface area (Å²) in [5.74, 6) is -0.100. The van der Waals surface area contributed by atoms with Crippen molar-refractivity contribution in [1.82, 2.24) is 15.0 Å². The second-order valence-electron chi connectivity index (χ2n) is 4.85. The van der Waals surface area contributed by atoms with Gasteiger partial charge in [-0.1, -0.05) is 17.7 Å². The highest BCUT2D eigenvalue weighted by atomic mass is 35.5. The summed E-state index contributed by atoms with van der Waals surface area (Å²) in [6.07, 6.45) is 1.66. The molecule has 0 radical (unpaired) electrons. The van der Waals surface area contributed by atoms with Gasteiger partial charge >= 0.3 is 0 Å². The van der Waals surface area contributed by atoms with Gasteiger partial charge in [0.25, 0.3) is 5.91 Å². The van der Waals surface area contributed by atoms with E-state index in [1.54, 1.807) is 18.2 Å². The fourth-order valence-electron chi connectivity index (χ4n) is 2.49. The van der Waals surface area contributed by atoms with Crippen molar-refractivity contribution in [2.45, 2.75) is 6.23 Å². The molecule has 3 heterocycles. The highest BCUT2D eigenvalue weighted by molar-refractivity contribution is 6.31. The summed E-state index contributed by atoms with van der Waals surface area (Å²) in [6.45, 7) is 0. The van der Waals surface area contributed by atoms with Gasteiger partial charge in [0, 0.05) is 22.8 Å². The third-order valence-electron chi connectivity index (χ3n) is 3.52. The Morgan fingerprint density at radius 2 is 1.91 bits per heavy atom. The predicted molar refractivity (Wildman–Crippen MR) is 80.6 cm³/mol. The summed E-state index contributed by atoms with van der Waals surface area (Å²) in [5.41, 5.74) is 1.02. The molecule has 0 aliphatic carbocycles. The molecule has 108 valence electrons. The Morgan fingerprint density at radius 1 is 1.14 bits per heavy atom. The molecule has 0 fully saturated rings. The van der Waals surface area contributed by atoms with Crippen LogP contribution >= 0.6 is 11.6 Å². The van der Waals surface area contributed by atoms with Gasteiger partial charge < -0.3 is 5.11 Å². The molecule has 1 aliphatic heterocycles. The Hall–Kier alpha value is -2.57. The van der Waals surface area contributed by atoms with Gasteiger partial charge in [0.1, 0.15) is 11.5 Å². The van der Waals surface area contributed by atoms with Crippen LogP contribution in [0, 0.1) is 0 Å². The molecule has 1 aliphatic rings. The smallest absolute Gasteiger partial charge is 0.282 e. The molecule has 1 amide bonds. The lowest BCUT2D eigenvalue weighted by Gasteiger charge is -2.19. The first-order valence-corrected chi connectivity index (χ1v) is 6.92. The van der Waals surface area contributed by atoms with Crippen molar-refractivity contribution >= 4 is 34.2 Å². The minimum atomic E-state index is -1.19. The van der Waals surface area contributed by atoms with Crippen LogP contribution in [0.15, 0.2) is 42.7 Å². The van der Waals surface area contributed by atoms with Gasteiger partial charge in [0.15, 0.2) is 11.9 Å². The van der Waals surface area contributed by atoms with E-state index in [-0.39, 0.29) is 11.4 Å². The number of hydrogen-bond donors (Lipinski definition) is 1. The molecule has 0 saturated heterocycles. The number of aliphatic hydroxyl groups excluding tert-OH is 1. The molecular formula is C15H9ClN4O2. The largest absolute Gasteiger partial charge is 0.367 e. The van der Waals surface area contributed by atoms with Crippen molar-refractivity contribution in [1.29, 1.82) is 0 Å². The predicted octanol–water partition coefficient (Wildman–Crippen LogP) is 2.33. The van der Waals surface area contributed by atoms with E-state index in [0.29, 0.717) is 16.4 Å². The van der Waals surface area contributed by atoms with Gasteiger partial charge in [-0.2, -0.15) is 0 Å². The van der Waals surface area contributed by atoms with Crippen LogP contribution in [0.4, 0.5) is 5.82 Å². The molecule has 6 nitrogen and oxygen atoms in total. The van der Waals surface area contributed by atoms with Crippen LogP contribution in [0.2, 0.25) is 5.02 Å². The van der Waals surface area contributed by atoms with Gasteiger partial charge in [0.2, 0.25) is 0 Å². The Kier molecular flexibility index (Phi) is 2.82. The Morgan fingerprint density at radius 3 is 2.73 bits per heavy atom. The molecule has 1 aromatic carbocycles. The molecule has 2 aromatic heterocycles. The van der Waals surface area contributed by atoms with Crippen LogP contribution in [0.1, 0.15) is 22.4 Å². The number of amides is 1. The van der Waals surface area contributed by atoms with E-state index in [4.69, 9.17) is 11.6 Å². The standard InChI is InChI=1S/C15H9ClN4O2/c16-9-3-1-8-2-4-11(19-10(8)7-9)20-14(21)12-13(15(20)22)18-6-5-17-12/h1-7,14,21H. The maximum absolute atomic E-state index is 12.4. The summed E-state index contributed by atoms with van der Waals surface area (Å²) in [7, 11) is 0. The molecule has 1 N–H and O–H groups in total. The number of halogens is 1. The molecule has 1 unspecified atom stereocenters. The first-order valence-electron chi connectivity index (χ1n) is 6.54. The van der Waals surface area contributed by atoms with Crippen molar-refractivity contribution < 1.29 is 9.90 Å². The van der Waals surface area contributed by atoms with E-state index >= 15 is 0 Å². The van der Waals surface area contributed by atoms with Gasteiger partial charge in [-0.25, -0.2) is 9.97 Å². The molecular weight excluding hydrogens is 304 g/mol. The van der Waals surface area contributed by atoms with Crippen molar-refractivity contribution in [3.63, 3.8) is 0 Å². The lowest BCUT2D eigenvalue weighted by Crippen LogP contribution is -2.28. The van der Waals surface area contributed by atoms with E-state index in [0.717, 1.165) is 5.39 Å². The van der Waals surface area contributed by atoms with Gasteiger partial charge in [0.05, 0.1) is 5.52 Å². The molecule has 1 atom stereocenters. The summed E-state index contributed by atoms with van der Waals surface area (Å²) in [6, 6.07) is 8.80. The number of aromatic nitrogens is 3. The van der Waals surface area contributed by atoms with E-state index < -0.39 is 12.1 Å². The molecule has 0 spiro atoms. The Labute approximate surface area is 130 Å². The Balaban J connectivity index is 1.84. The minimum absolute atomic E-state index is 0.142. The average Bonchev–Trinajstić information content (AvgIpc) is 2.79. The number of nitrogens with zero attached hydrogens (tertiary/aromatic N) is 4. The summed E-state index contributed by atoms with van der Waals surface area (Å²) in [5, 5.41) is 11.8. The zero-order valence-corrected chi connectivity index (χ0v) is 11.9. The number of anilines is 1. The minimum Gasteiger partial charge on any atom is -0.367 e. The lowest BCUT2D eigenvalue weighted by molar-refractivity contribution is 0.0929. The first kappa shape index (κ1) is 13.1. The van der Waals surface area contributed by atoms with Crippen molar-refractivity contribution in [2.75, 3.05) is 4.90 Å². The Bertz CT molecular complexity index is 915. The third kappa shape index (κ3) is 1.85. The van der Waals surface area contributed by atoms with E-state index in [1.807, 2.05) is 12.1 Å². The molecule has 4 rings (SSSR count). The number of fused-ring (bicyclic) bond motifs is 2. The van der Waals surface area contributed by atoms with Crippen molar-refractivity contribution in [2.24, 2.45) is 0 Å².